The van der Waals surface area contributed by atoms with Gasteiger partial charge in [-0.3, -0.25) is 4.79 Å². The van der Waals surface area contributed by atoms with Crippen molar-refractivity contribution in [3.8, 4) is 12.3 Å². The third kappa shape index (κ3) is 3.09. The lowest BCUT2D eigenvalue weighted by molar-refractivity contribution is -0.119. The zero-order valence-electron chi connectivity index (χ0n) is 14.4. The number of fused-ring (bicyclic) bond motifs is 1. The van der Waals surface area contributed by atoms with Crippen LogP contribution in [0, 0.1) is 12.3 Å². The van der Waals surface area contributed by atoms with Crippen molar-refractivity contribution in [3.63, 3.8) is 0 Å². The van der Waals surface area contributed by atoms with Gasteiger partial charge in [0.1, 0.15) is 10.9 Å². The first-order valence-corrected chi connectivity index (χ1v) is 10.0. The van der Waals surface area contributed by atoms with E-state index in [9.17, 15) is 13.2 Å². The van der Waals surface area contributed by atoms with Gasteiger partial charge in [-0.05, 0) is 43.2 Å². The van der Waals surface area contributed by atoms with E-state index in [0.717, 1.165) is 6.42 Å². The SMILES string of the molecule is C#Cc1cccc(NC(=O)[C@@H]2CCCN2C2=NS(=O)(=O)c3ccccc32)c1. The van der Waals surface area contributed by atoms with Crippen molar-refractivity contribution in [1.82, 2.24) is 4.90 Å². The summed E-state index contributed by atoms with van der Waals surface area (Å²) in [7, 11) is -3.72. The zero-order valence-corrected chi connectivity index (χ0v) is 15.2. The summed E-state index contributed by atoms with van der Waals surface area (Å²) in [5.74, 6) is 2.68. The van der Waals surface area contributed by atoms with E-state index in [1.807, 2.05) is 0 Å². The Labute approximate surface area is 158 Å². The topological polar surface area (TPSA) is 78.8 Å². The minimum Gasteiger partial charge on any atom is -0.343 e. The number of carbonyl (C=O) groups excluding carboxylic acids is 1. The molecule has 1 fully saturated rings. The Morgan fingerprint density at radius 3 is 2.85 bits per heavy atom. The first kappa shape index (κ1) is 17.3. The maximum absolute atomic E-state index is 12.8. The van der Waals surface area contributed by atoms with Crippen molar-refractivity contribution >= 4 is 27.5 Å². The maximum atomic E-state index is 12.8. The molecular weight excluding hydrogens is 362 g/mol. The van der Waals surface area contributed by atoms with E-state index in [2.05, 4.69) is 15.6 Å². The molecule has 2 aliphatic heterocycles. The molecule has 6 nitrogen and oxygen atoms in total. The number of nitrogens with one attached hydrogen (secondary N) is 1. The van der Waals surface area contributed by atoms with E-state index in [1.54, 1.807) is 47.4 Å². The van der Waals surface area contributed by atoms with Crippen molar-refractivity contribution in [2.75, 3.05) is 11.9 Å². The summed E-state index contributed by atoms with van der Waals surface area (Å²) >= 11 is 0. The van der Waals surface area contributed by atoms with Crippen molar-refractivity contribution in [1.29, 1.82) is 0 Å². The lowest BCUT2D eigenvalue weighted by atomic mass is 10.1. The van der Waals surface area contributed by atoms with Crippen molar-refractivity contribution in [2.24, 2.45) is 4.40 Å². The standard InChI is InChI=1S/C20H17N3O3S/c1-2-14-7-5-8-15(13-14)21-20(24)17-10-6-12-23(17)19-16-9-3-4-11-18(16)27(25,26)22-19/h1,3-5,7-9,11,13,17H,6,10,12H2,(H,21,24)/t17-/m0/s1. The molecule has 2 aliphatic rings. The van der Waals surface area contributed by atoms with Crippen LogP contribution < -0.4 is 5.32 Å². The Kier molecular flexibility index (Phi) is 4.21. The molecule has 2 aromatic rings. The monoisotopic (exact) mass is 379 g/mol. The summed E-state index contributed by atoms with van der Waals surface area (Å²) in [5, 5.41) is 2.88. The van der Waals surface area contributed by atoms with E-state index in [1.165, 1.54) is 6.07 Å². The predicted octanol–water partition coefficient (Wildman–Crippen LogP) is 2.22. The van der Waals surface area contributed by atoms with E-state index in [-0.39, 0.29) is 10.8 Å². The summed E-state index contributed by atoms with van der Waals surface area (Å²) in [6.45, 7) is 0.575. The minimum absolute atomic E-state index is 0.188. The molecule has 1 N–H and O–H groups in total. The van der Waals surface area contributed by atoms with Gasteiger partial charge in [0, 0.05) is 23.4 Å². The lowest BCUT2D eigenvalue weighted by Gasteiger charge is -2.25. The summed E-state index contributed by atoms with van der Waals surface area (Å²) < 4.78 is 28.6. The largest absolute Gasteiger partial charge is 0.343 e. The van der Waals surface area contributed by atoms with E-state index in [0.29, 0.717) is 35.6 Å². The molecule has 1 saturated heterocycles. The summed E-state index contributed by atoms with van der Waals surface area (Å²) in [6.07, 6.45) is 6.81. The lowest BCUT2D eigenvalue weighted by Crippen LogP contribution is -2.43. The van der Waals surface area contributed by atoms with Crippen LogP contribution in [0.3, 0.4) is 0 Å². The third-order valence-electron chi connectivity index (χ3n) is 4.74. The van der Waals surface area contributed by atoms with Crippen LogP contribution >= 0.6 is 0 Å². The second-order valence-corrected chi connectivity index (χ2v) is 8.02. The van der Waals surface area contributed by atoms with Gasteiger partial charge >= 0.3 is 0 Å². The highest BCUT2D eigenvalue weighted by atomic mass is 32.2. The molecule has 2 heterocycles. The summed E-state index contributed by atoms with van der Waals surface area (Å²) in [4.78, 5) is 14.8. The molecule has 0 radical (unpaired) electrons. The molecule has 27 heavy (non-hydrogen) atoms. The van der Waals surface area contributed by atoms with Crippen LogP contribution in [-0.4, -0.2) is 37.6 Å². The normalized spacial score (nSPS) is 19.9. The number of amidine groups is 1. The molecule has 0 aliphatic carbocycles. The Morgan fingerprint density at radius 1 is 1.22 bits per heavy atom. The van der Waals surface area contributed by atoms with Crippen molar-refractivity contribution in [3.05, 3.63) is 59.7 Å². The predicted molar refractivity (Wildman–Crippen MR) is 103 cm³/mol. The van der Waals surface area contributed by atoms with Crippen molar-refractivity contribution < 1.29 is 13.2 Å². The maximum Gasteiger partial charge on any atom is 0.285 e. The molecule has 0 spiro atoms. The molecule has 2 aromatic carbocycles. The number of nitrogens with zero attached hydrogens (tertiary/aromatic N) is 2. The van der Waals surface area contributed by atoms with E-state index < -0.39 is 16.1 Å². The molecule has 0 unspecified atom stereocenters. The molecule has 0 aromatic heterocycles. The molecule has 1 amide bonds. The number of amides is 1. The van der Waals surface area contributed by atoms with Crippen LogP contribution in [0.2, 0.25) is 0 Å². The van der Waals surface area contributed by atoms with Crippen LogP contribution in [0.4, 0.5) is 5.69 Å². The van der Waals surface area contributed by atoms with Crippen LogP contribution in [0.25, 0.3) is 0 Å². The first-order valence-electron chi connectivity index (χ1n) is 8.58. The molecule has 4 rings (SSSR count). The fraction of sp³-hybridized carbons (Fsp3) is 0.200. The Balaban J connectivity index is 1.62. The van der Waals surface area contributed by atoms with Gasteiger partial charge in [-0.25, -0.2) is 0 Å². The molecular formula is C20H17N3O3S. The summed E-state index contributed by atoms with van der Waals surface area (Å²) in [6, 6.07) is 13.3. The number of sulfonamides is 1. The van der Waals surface area contributed by atoms with Crippen molar-refractivity contribution in [2.45, 2.75) is 23.8 Å². The number of terminal acetylenes is 1. The molecule has 0 saturated carbocycles. The van der Waals surface area contributed by atoms with Gasteiger partial charge in [-0.1, -0.05) is 24.1 Å². The number of benzene rings is 2. The quantitative estimate of drug-likeness (QED) is 0.812. The number of carbonyl (C=O) groups is 1. The molecule has 136 valence electrons. The highest BCUT2D eigenvalue weighted by Crippen LogP contribution is 2.31. The van der Waals surface area contributed by atoms with Gasteiger partial charge in [0.2, 0.25) is 5.91 Å². The smallest absolute Gasteiger partial charge is 0.285 e. The molecule has 7 heteroatoms. The Morgan fingerprint density at radius 2 is 2.04 bits per heavy atom. The van der Waals surface area contributed by atoms with Crippen LogP contribution in [0.1, 0.15) is 24.0 Å². The minimum atomic E-state index is -3.72. The second-order valence-electron chi connectivity index (χ2n) is 6.45. The number of rotatable bonds is 2. The van der Waals surface area contributed by atoms with Gasteiger partial charge < -0.3 is 10.2 Å². The van der Waals surface area contributed by atoms with Gasteiger partial charge in [0.05, 0.1) is 0 Å². The highest BCUT2D eigenvalue weighted by molar-refractivity contribution is 7.90. The van der Waals surface area contributed by atoms with Gasteiger partial charge in [-0.2, -0.15) is 8.42 Å². The van der Waals surface area contributed by atoms with Crippen LogP contribution in [0.15, 0.2) is 57.8 Å². The van der Waals surface area contributed by atoms with Crippen LogP contribution in [0.5, 0.6) is 0 Å². The first-order chi connectivity index (χ1) is 13.0. The van der Waals surface area contributed by atoms with E-state index >= 15 is 0 Å². The number of likely N-dealkylation sites (tertiary alicyclic amines) is 1. The highest BCUT2D eigenvalue weighted by Gasteiger charge is 2.39. The van der Waals surface area contributed by atoms with Crippen LogP contribution in [-0.2, 0) is 14.8 Å². The average Bonchev–Trinajstić information content (AvgIpc) is 3.25. The van der Waals surface area contributed by atoms with Gasteiger partial charge in [0.15, 0.2) is 5.84 Å². The number of hydrogen-bond acceptors (Lipinski definition) is 4. The second kappa shape index (κ2) is 6.56. The summed E-state index contributed by atoms with van der Waals surface area (Å²) in [5.41, 5.74) is 1.84. The van der Waals surface area contributed by atoms with E-state index in [4.69, 9.17) is 6.42 Å². The molecule has 1 atom stereocenters. The fourth-order valence-electron chi connectivity index (χ4n) is 3.50. The number of anilines is 1. The average molecular weight is 379 g/mol. The third-order valence-corrected chi connectivity index (χ3v) is 6.06. The molecule has 0 bridgehead atoms. The number of hydrogen-bond donors (Lipinski definition) is 1. The zero-order chi connectivity index (χ0) is 19.0. The van der Waals surface area contributed by atoms with Gasteiger partial charge in [0.25, 0.3) is 10.0 Å². The fourth-order valence-corrected chi connectivity index (χ4v) is 4.72. The Bertz CT molecular complexity index is 1100. The Hall–Kier alpha value is -3.11. The van der Waals surface area contributed by atoms with Gasteiger partial charge in [-0.15, -0.1) is 10.8 Å².